The summed E-state index contributed by atoms with van der Waals surface area (Å²) in [6, 6.07) is 22.3. The first-order valence-corrected chi connectivity index (χ1v) is 6.77. The van der Waals surface area contributed by atoms with E-state index >= 15 is 0 Å². The number of anilines is 3. The van der Waals surface area contributed by atoms with Crippen LogP contribution in [0.4, 0.5) is 17.1 Å². The van der Waals surface area contributed by atoms with Gasteiger partial charge in [-0.15, -0.1) is 0 Å². The van der Waals surface area contributed by atoms with Crippen molar-refractivity contribution in [3.05, 3.63) is 66.2 Å². The topological polar surface area (TPSA) is 61.8 Å². The van der Waals surface area contributed by atoms with Crippen LogP contribution in [0.5, 0.6) is 0 Å². The molecule has 0 aliphatic carbocycles. The Morgan fingerprint density at radius 3 is 2.43 bits per heavy atom. The van der Waals surface area contributed by atoms with Crippen LogP contribution in [0.25, 0.3) is 10.8 Å². The van der Waals surface area contributed by atoms with E-state index in [0.29, 0.717) is 12.1 Å². The molecule has 3 N–H and O–H groups in total. The van der Waals surface area contributed by atoms with Gasteiger partial charge < -0.3 is 11.1 Å². The molecule has 0 heterocycles. The van der Waals surface area contributed by atoms with E-state index in [4.69, 9.17) is 11.0 Å². The number of rotatable bonds is 3. The van der Waals surface area contributed by atoms with E-state index in [2.05, 4.69) is 35.7 Å². The van der Waals surface area contributed by atoms with Gasteiger partial charge in [0.2, 0.25) is 0 Å². The smallest absolute Gasteiger partial charge is 0.0670 e. The summed E-state index contributed by atoms with van der Waals surface area (Å²) in [4.78, 5) is 0. The number of fused-ring (bicyclic) bond motifs is 1. The Morgan fingerprint density at radius 1 is 0.905 bits per heavy atom. The molecule has 0 saturated carbocycles. The van der Waals surface area contributed by atoms with Crippen molar-refractivity contribution in [1.82, 2.24) is 0 Å². The molecule has 0 unspecified atom stereocenters. The van der Waals surface area contributed by atoms with Gasteiger partial charge in [0, 0.05) is 17.1 Å². The lowest BCUT2D eigenvalue weighted by atomic mass is 10.1. The third kappa shape index (κ3) is 2.80. The number of nitrogens with one attached hydrogen (secondary N) is 1. The largest absolute Gasteiger partial charge is 0.398 e. The summed E-state index contributed by atoms with van der Waals surface area (Å²) in [5.74, 6) is 0. The van der Waals surface area contributed by atoms with E-state index in [1.54, 1.807) is 0 Å². The van der Waals surface area contributed by atoms with Crippen LogP contribution in [0.2, 0.25) is 0 Å². The molecule has 3 nitrogen and oxygen atoms in total. The van der Waals surface area contributed by atoms with E-state index in [1.165, 1.54) is 10.8 Å². The number of nitriles is 1. The molecule has 0 spiro atoms. The third-order valence-corrected chi connectivity index (χ3v) is 3.45. The van der Waals surface area contributed by atoms with Gasteiger partial charge >= 0.3 is 0 Å². The molecule has 0 radical (unpaired) electrons. The number of hydrogen-bond donors (Lipinski definition) is 2. The summed E-state index contributed by atoms with van der Waals surface area (Å²) in [5, 5.41) is 14.6. The number of hydrogen-bond acceptors (Lipinski definition) is 3. The monoisotopic (exact) mass is 273 g/mol. The predicted octanol–water partition coefficient (Wildman–Crippen LogP) is 4.23. The Balaban J connectivity index is 1.91. The molecule has 3 aromatic rings. The Kier molecular flexibility index (Phi) is 3.44. The van der Waals surface area contributed by atoms with Crippen LogP contribution in [-0.4, -0.2) is 0 Å². The van der Waals surface area contributed by atoms with Crippen LogP contribution in [0.3, 0.4) is 0 Å². The quantitative estimate of drug-likeness (QED) is 0.702. The Labute approximate surface area is 123 Å². The van der Waals surface area contributed by atoms with Crippen LogP contribution in [0, 0.1) is 11.3 Å². The summed E-state index contributed by atoms with van der Waals surface area (Å²) in [6.07, 6.45) is 0.319. The molecule has 3 aromatic carbocycles. The molecule has 0 atom stereocenters. The molecule has 0 fully saturated rings. The zero-order valence-corrected chi connectivity index (χ0v) is 11.5. The van der Waals surface area contributed by atoms with Gasteiger partial charge in [0.25, 0.3) is 0 Å². The fraction of sp³-hybridized carbons (Fsp3) is 0.0556. The second-order valence-corrected chi connectivity index (χ2v) is 4.94. The first kappa shape index (κ1) is 13.0. The minimum absolute atomic E-state index is 0.319. The van der Waals surface area contributed by atoms with Gasteiger partial charge in [-0.25, -0.2) is 0 Å². The molecule has 0 amide bonds. The highest BCUT2D eigenvalue weighted by atomic mass is 14.9. The van der Waals surface area contributed by atoms with Crippen LogP contribution in [0.1, 0.15) is 5.56 Å². The summed E-state index contributed by atoms with van der Waals surface area (Å²) in [5.41, 5.74) is 9.32. The van der Waals surface area contributed by atoms with Crippen LogP contribution in [0.15, 0.2) is 60.7 Å². The molecule has 21 heavy (non-hydrogen) atoms. The van der Waals surface area contributed by atoms with E-state index in [-0.39, 0.29) is 0 Å². The lowest BCUT2D eigenvalue weighted by Crippen LogP contribution is -1.96. The van der Waals surface area contributed by atoms with Crippen molar-refractivity contribution in [2.75, 3.05) is 11.1 Å². The van der Waals surface area contributed by atoms with Crippen molar-refractivity contribution in [1.29, 1.82) is 5.26 Å². The Hall–Kier alpha value is -2.99. The first-order chi connectivity index (χ1) is 10.3. The van der Waals surface area contributed by atoms with Gasteiger partial charge in [-0.2, -0.15) is 5.26 Å². The van der Waals surface area contributed by atoms with Crippen molar-refractivity contribution >= 4 is 27.8 Å². The zero-order chi connectivity index (χ0) is 14.7. The Bertz CT molecular complexity index is 831. The molecule has 0 bridgehead atoms. The number of nitrogen functional groups attached to an aromatic ring is 1. The predicted molar refractivity (Wildman–Crippen MR) is 87.4 cm³/mol. The molecule has 0 aliphatic heterocycles. The highest BCUT2D eigenvalue weighted by Crippen LogP contribution is 2.24. The first-order valence-electron chi connectivity index (χ1n) is 6.77. The van der Waals surface area contributed by atoms with E-state index < -0.39 is 0 Å². The second kappa shape index (κ2) is 5.56. The normalized spacial score (nSPS) is 10.2. The lowest BCUT2D eigenvalue weighted by Gasteiger charge is -2.10. The summed E-state index contributed by atoms with van der Waals surface area (Å²) < 4.78 is 0. The van der Waals surface area contributed by atoms with E-state index in [0.717, 1.165) is 16.9 Å². The molecule has 3 heteroatoms. The van der Waals surface area contributed by atoms with E-state index in [1.807, 2.05) is 36.4 Å². The van der Waals surface area contributed by atoms with Crippen molar-refractivity contribution in [3.8, 4) is 6.07 Å². The molecular formula is C18H15N3. The maximum absolute atomic E-state index is 8.82. The fourth-order valence-electron chi connectivity index (χ4n) is 2.36. The lowest BCUT2D eigenvalue weighted by molar-refractivity contribution is 1.27. The standard InChI is InChI=1S/C18H15N3/c19-10-9-15-12-17(7-8-18(15)20)21-16-6-5-13-3-1-2-4-14(13)11-16/h1-8,11-12,21H,9,20H2. The van der Waals surface area contributed by atoms with Crippen molar-refractivity contribution in [2.24, 2.45) is 0 Å². The van der Waals surface area contributed by atoms with E-state index in [9.17, 15) is 0 Å². The highest BCUT2D eigenvalue weighted by Gasteiger charge is 2.02. The average Bonchev–Trinajstić information content (AvgIpc) is 2.51. The molecular weight excluding hydrogens is 258 g/mol. The molecule has 3 rings (SSSR count). The number of nitrogens with zero attached hydrogens (tertiary/aromatic N) is 1. The third-order valence-electron chi connectivity index (χ3n) is 3.45. The minimum Gasteiger partial charge on any atom is -0.398 e. The van der Waals surface area contributed by atoms with Crippen molar-refractivity contribution < 1.29 is 0 Å². The fourth-order valence-corrected chi connectivity index (χ4v) is 2.36. The molecule has 102 valence electrons. The summed E-state index contributed by atoms with van der Waals surface area (Å²) in [7, 11) is 0. The van der Waals surface area contributed by atoms with Gasteiger partial charge in [-0.1, -0.05) is 30.3 Å². The second-order valence-electron chi connectivity index (χ2n) is 4.94. The molecule has 0 aliphatic rings. The number of nitrogens with two attached hydrogens (primary N) is 1. The van der Waals surface area contributed by atoms with Gasteiger partial charge in [0.05, 0.1) is 12.5 Å². The maximum Gasteiger partial charge on any atom is 0.0670 e. The molecule has 0 saturated heterocycles. The average molecular weight is 273 g/mol. The maximum atomic E-state index is 8.82. The van der Waals surface area contributed by atoms with Gasteiger partial charge in [0.15, 0.2) is 0 Å². The van der Waals surface area contributed by atoms with Crippen LogP contribution >= 0.6 is 0 Å². The minimum atomic E-state index is 0.319. The van der Waals surface area contributed by atoms with Gasteiger partial charge in [0.1, 0.15) is 0 Å². The van der Waals surface area contributed by atoms with Crippen LogP contribution in [-0.2, 0) is 6.42 Å². The van der Waals surface area contributed by atoms with Crippen molar-refractivity contribution in [3.63, 3.8) is 0 Å². The summed E-state index contributed by atoms with van der Waals surface area (Å²) in [6.45, 7) is 0. The van der Waals surface area contributed by atoms with Crippen molar-refractivity contribution in [2.45, 2.75) is 6.42 Å². The van der Waals surface area contributed by atoms with Gasteiger partial charge in [-0.05, 0) is 46.7 Å². The van der Waals surface area contributed by atoms with Crippen LogP contribution < -0.4 is 11.1 Å². The zero-order valence-electron chi connectivity index (χ0n) is 11.5. The highest BCUT2D eigenvalue weighted by molar-refractivity contribution is 5.86. The molecule has 0 aromatic heterocycles. The SMILES string of the molecule is N#CCc1cc(Nc2ccc3ccccc3c2)ccc1N. The Morgan fingerprint density at radius 2 is 1.62 bits per heavy atom. The number of benzene rings is 3. The van der Waals surface area contributed by atoms with Gasteiger partial charge in [-0.3, -0.25) is 0 Å². The summed E-state index contributed by atoms with van der Waals surface area (Å²) >= 11 is 0.